The van der Waals surface area contributed by atoms with Gasteiger partial charge in [0.1, 0.15) is 5.56 Å². The molecule has 29 heavy (non-hydrogen) atoms. The first-order valence-electron chi connectivity index (χ1n) is 9.83. The van der Waals surface area contributed by atoms with E-state index in [4.69, 9.17) is 0 Å². The second-order valence-corrected chi connectivity index (χ2v) is 9.35. The van der Waals surface area contributed by atoms with E-state index in [2.05, 4.69) is 5.32 Å². The van der Waals surface area contributed by atoms with Crippen LogP contribution in [-0.4, -0.2) is 42.3 Å². The van der Waals surface area contributed by atoms with Crippen LogP contribution in [0.4, 0.5) is 0 Å². The first-order chi connectivity index (χ1) is 13.8. The number of hydrogen-bond donors (Lipinski definition) is 1. The zero-order valence-corrected chi connectivity index (χ0v) is 17.6. The number of amides is 1. The molecule has 0 aliphatic carbocycles. The molecule has 8 heteroatoms. The van der Waals surface area contributed by atoms with E-state index in [1.54, 1.807) is 47.9 Å². The van der Waals surface area contributed by atoms with Crippen LogP contribution in [0.5, 0.6) is 0 Å². The summed E-state index contributed by atoms with van der Waals surface area (Å²) in [7, 11) is -1.98. The normalized spacial score (nSPS) is 17.8. The summed E-state index contributed by atoms with van der Waals surface area (Å²) in [5, 5.41) is 2.76. The monoisotopic (exact) mass is 417 g/mol. The van der Waals surface area contributed by atoms with Crippen molar-refractivity contribution in [2.45, 2.75) is 43.5 Å². The average Bonchev–Trinajstić information content (AvgIpc) is 2.70. The van der Waals surface area contributed by atoms with E-state index in [1.165, 1.54) is 10.6 Å². The topological polar surface area (TPSA) is 88.5 Å². The van der Waals surface area contributed by atoms with E-state index < -0.39 is 15.9 Å². The van der Waals surface area contributed by atoms with Gasteiger partial charge < -0.3 is 9.88 Å². The van der Waals surface area contributed by atoms with Crippen molar-refractivity contribution in [1.29, 1.82) is 0 Å². The van der Waals surface area contributed by atoms with Crippen molar-refractivity contribution < 1.29 is 13.2 Å². The number of carbonyl (C=O) groups is 1. The summed E-state index contributed by atoms with van der Waals surface area (Å²) >= 11 is 0. The Kier molecular flexibility index (Phi) is 6.54. The number of sulfonamides is 1. The van der Waals surface area contributed by atoms with E-state index in [-0.39, 0.29) is 17.2 Å². The molecule has 0 radical (unpaired) electrons. The molecule has 0 spiro atoms. The zero-order chi connectivity index (χ0) is 21.0. The lowest BCUT2D eigenvalue weighted by molar-refractivity contribution is 0.0947. The molecule has 1 fully saturated rings. The molecule has 1 atom stereocenters. The molecule has 2 aromatic rings. The maximum Gasteiger partial charge on any atom is 0.263 e. The Balaban J connectivity index is 1.67. The van der Waals surface area contributed by atoms with Crippen molar-refractivity contribution in [1.82, 2.24) is 14.2 Å². The van der Waals surface area contributed by atoms with Gasteiger partial charge in [0.05, 0.1) is 4.90 Å². The van der Waals surface area contributed by atoms with Crippen LogP contribution in [0.15, 0.2) is 52.3 Å². The van der Waals surface area contributed by atoms with Gasteiger partial charge in [-0.2, -0.15) is 4.31 Å². The first-order valence-corrected chi connectivity index (χ1v) is 11.3. The number of aryl methyl sites for hydroxylation is 2. The predicted octanol–water partition coefficient (Wildman–Crippen LogP) is 2.06. The standard InChI is InChI=1S/C21H27N3O4S/c1-16-8-10-18(11-9-16)29(27,28)24-15-4-3-6-17(24)12-13-22-20(25)19-7-5-14-23(2)21(19)26/h5,7-11,14,17H,3-4,6,12-13,15H2,1-2H3,(H,22,25). The predicted molar refractivity (Wildman–Crippen MR) is 111 cm³/mol. The van der Waals surface area contributed by atoms with Gasteiger partial charge in [-0.15, -0.1) is 0 Å². The van der Waals surface area contributed by atoms with Crippen LogP contribution in [0.25, 0.3) is 0 Å². The molecule has 0 saturated carbocycles. The largest absolute Gasteiger partial charge is 0.352 e. The van der Waals surface area contributed by atoms with Gasteiger partial charge >= 0.3 is 0 Å². The Labute approximate surface area is 171 Å². The number of hydrogen-bond acceptors (Lipinski definition) is 4. The van der Waals surface area contributed by atoms with Gasteiger partial charge in [0.15, 0.2) is 0 Å². The van der Waals surface area contributed by atoms with Gasteiger partial charge in [-0.05, 0) is 50.5 Å². The van der Waals surface area contributed by atoms with Crippen molar-refractivity contribution >= 4 is 15.9 Å². The Morgan fingerprint density at radius 3 is 2.62 bits per heavy atom. The highest BCUT2D eigenvalue weighted by molar-refractivity contribution is 7.89. The summed E-state index contributed by atoms with van der Waals surface area (Å²) in [6.45, 7) is 2.71. The quantitative estimate of drug-likeness (QED) is 0.779. The minimum absolute atomic E-state index is 0.0859. The molecular weight excluding hydrogens is 390 g/mol. The van der Waals surface area contributed by atoms with Gasteiger partial charge in [-0.25, -0.2) is 8.42 Å². The molecule has 156 valence electrons. The minimum atomic E-state index is -3.58. The Bertz CT molecular complexity index is 1030. The molecule has 1 aromatic carbocycles. The van der Waals surface area contributed by atoms with E-state index in [0.29, 0.717) is 24.4 Å². The Hall–Kier alpha value is -2.45. The Morgan fingerprint density at radius 2 is 1.90 bits per heavy atom. The number of nitrogens with zero attached hydrogens (tertiary/aromatic N) is 2. The summed E-state index contributed by atoms with van der Waals surface area (Å²) < 4.78 is 29.1. The van der Waals surface area contributed by atoms with Gasteiger partial charge in [-0.3, -0.25) is 9.59 Å². The third-order valence-electron chi connectivity index (χ3n) is 5.33. The zero-order valence-electron chi connectivity index (χ0n) is 16.8. The van der Waals surface area contributed by atoms with Crippen LogP contribution in [0.2, 0.25) is 0 Å². The minimum Gasteiger partial charge on any atom is -0.352 e. The molecule has 7 nitrogen and oxygen atoms in total. The van der Waals surface area contributed by atoms with E-state index in [9.17, 15) is 18.0 Å². The average molecular weight is 418 g/mol. The number of nitrogens with one attached hydrogen (secondary N) is 1. The van der Waals surface area contributed by atoms with Crippen LogP contribution in [0.3, 0.4) is 0 Å². The van der Waals surface area contributed by atoms with Gasteiger partial charge in [0.25, 0.3) is 11.5 Å². The molecule has 2 heterocycles. The van der Waals surface area contributed by atoms with Crippen molar-refractivity contribution in [2.24, 2.45) is 7.05 Å². The van der Waals surface area contributed by atoms with Gasteiger partial charge in [0, 0.05) is 32.4 Å². The van der Waals surface area contributed by atoms with E-state index in [1.807, 2.05) is 6.92 Å². The lowest BCUT2D eigenvalue weighted by Gasteiger charge is -2.34. The number of rotatable bonds is 6. The molecule has 1 aliphatic heterocycles. The smallest absolute Gasteiger partial charge is 0.263 e. The Morgan fingerprint density at radius 1 is 1.17 bits per heavy atom. The molecule has 1 saturated heterocycles. The fraction of sp³-hybridized carbons (Fsp3) is 0.429. The lowest BCUT2D eigenvalue weighted by atomic mass is 10.0. The van der Waals surface area contributed by atoms with Crippen molar-refractivity contribution in [3.63, 3.8) is 0 Å². The summed E-state index contributed by atoms with van der Waals surface area (Å²) in [6, 6.07) is 9.85. The molecule has 1 N–H and O–H groups in total. The number of carbonyl (C=O) groups excluding carboxylic acids is 1. The third-order valence-corrected chi connectivity index (χ3v) is 7.30. The number of piperidine rings is 1. The summed E-state index contributed by atoms with van der Waals surface area (Å²) in [6.07, 6.45) is 4.64. The molecular formula is C21H27N3O4S. The van der Waals surface area contributed by atoms with Gasteiger partial charge in [-0.1, -0.05) is 24.1 Å². The molecule has 1 unspecified atom stereocenters. The van der Waals surface area contributed by atoms with Crippen LogP contribution in [-0.2, 0) is 17.1 Å². The summed E-state index contributed by atoms with van der Waals surface area (Å²) in [5.74, 6) is -0.435. The molecule has 3 rings (SSSR count). The summed E-state index contributed by atoms with van der Waals surface area (Å²) in [4.78, 5) is 24.7. The van der Waals surface area contributed by atoms with E-state index in [0.717, 1.165) is 24.8 Å². The van der Waals surface area contributed by atoms with Crippen LogP contribution in [0.1, 0.15) is 41.6 Å². The van der Waals surface area contributed by atoms with Crippen molar-refractivity contribution in [2.75, 3.05) is 13.1 Å². The first kappa shape index (κ1) is 21.3. The SMILES string of the molecule is Cc1ccc(S(=O)(=O)N2CCCCC2CCNC(=O)c2cccn(C)c2=O)cc1. The molecule has 0 bridgehead atoms. The lowest BCUT2D eigenvalue weighted by Crippen LogP contribution is -2.45. The number of benzene rings is 1. The molecule has 1 aliphatic rings. The summed E-state index contributed by atoms with van der Waals surface area (Å²) in [5.41, 5.74) is 0.739. The fourth-order valence-electron chi connectivity index (χ4n) is 3.64. The second kappa shape index (κ2) is 8.92. The fourth-order valence-corrected chi connectivity index (χ4v) is 5.37. The highest BCUT2D eigenvalue weighted by atomic mass is 32.2. The highest BCUT2D eigenvalue weighted by Crippen LogP contribution is 2.27. The number of pyridine rings is 1. The number of aromatic nitrogens is 1. The van der Waals surface area contributed by atoms with Crippen LogP contribution in [0, 0.1) is 6.92 Å². The molecule has 1 amide bonds. The van der Waals surface area contributed by atoms with Crippen LogP contribution >= 0.6 is 0 Å². The second-order valence-electron chi connectivity index (χ2n) is 7.46. The van der Waals surface area contributed by atoms with Crippen molar-refractivity contribution in [3.8, 4) is 0 Å². The van der Waals surface area contributed by atoms with E-state index >= 15 is 0 Å². The highest BCUT2D eigenvalue weighted by Gasteiger charge is 2.33. The maximum absolute atomic E-state index is 13.1. The van der Waals surface area contributed by atoms with Crippen LogP contribution < -0.4 is 10.9 Å². The maximum atomic E-state index is 13.1. The molecule has 1 aromatic heterocycles. The third kappa shape index (κ3) is 4.76. The van der Waals surface area contributed by atoms with Crippen molar-refractivity contribution in [3.05, 3.63) is 64.1 Å². The van der Waals surface area contributed by atoms with Gasteiger partial charge in [0.2, 0.25) is 10.0 Å².